The van der Waals surface area contributed by atoms with E-state index in [9.17, 15) is 4.79 Å². The lowest BCUT2D eigenvalue weighted by atomic mass is 10.0. The molecule has 0 spiro atoms. The van der Waals surface area contributed by atoms with Crippen LogP contribution in [0.3, 0.4) is 0 Å². The number of hydrogen-bond donors (Lipinski definition) is 2. The van der Waals surface area contributed by atoms with Crippen LogP contribution in [0.2, 0.25) is 0 Å². The number of carbonyl (C=O) groups is 1. The molecule has 0 atom stereocenters. The van der Waals surface area contributed by atoms with Crippen molar-refractivity contribution >= 4 is 5.91 Å². The van der Waals surface area contributed by atoms with E-state index in [4.69, 9.17) is 9.47 Å². The minimum absolute atomic E-state index is 0.00215. The highest BCUT2D eigenvalue weighted by molar-refractivity contribution is 5.78. The maximum atomic E-state index is 11.8. The Kier molecular flexibility index (Phi) is 6.49. The Labute approximate surface area is 127 Å². The van der Waals surface area contributed by atoms with Gasteiger partial charge < -0.3 is 20.1 Å². The second-order valence-corrected chi connectivity index (χ2v) is 5.58. The maximum Gasteiger partial charge on any atom is 0.234 e. The van der Waals surface area contributed by atoms with Crippen LogP contribution in [-0.2, 0) is 11.3 Å². The average Bonchev–Trinajstić information content (AvgIpc) is 2.46. The summed E-state index contributed by atoms with van der Waals surface area (Å²) in [6.45, 7) is 6.97. The molecule has 0 saturated carbocycles. The van der Waals surface area contributed by atoms with Crippen molar-refractivity contribution in [3.05, 3.63) is 23.8 Å². The zero-order valence-corrected chi connectivity index (χ0v) is 13.6. The van der Waals surface area contributed by atoms with Crippen molar-refractivity contribution in [3.63, 3.8) is 0 Å². The van der Waals surface area contributed by atoms with Gasteiger partial charge in [0.15, 0.2) is 11.5 Å². The van der Waals surface area contributed by atoms with Gasteiger partial charge in [0.2, 0.25) is 5.91 Å². The van der Waals surface area contributed by atoms with Crippen molar-refractivity contribution in [1.29, 1.82) is 0 Å². The van der Waals surface area contributed by atoms with Gasteiger partial charge >= 0.3 is 0 Å². The van der Waals surface area contributed by atoms with Crippen LogP contribution >= 0.6 is 0 Å². The fourth-order valence-corrected chi connectivity index (χ4v) is 1.82. The zero-order chi connectivity index (χ0) is 15.9. The highest BCUT2D eigenvalue weighted by Crippen LogP contribution is 2.27. The highest BCUT2D eigenvalue weighted by Gasteiger charge is 2.17. The lowest BCUT2D eigenvalue weighted by molar-refractivity contribution is -0.121. The molecule has 0 aliphatic rings. The monoisotopic (exact) mass is 294 g/mol. The summed E-state index contributed by atoms with van der Waals surface area (Å²) in [5, 5.41) is 6.12. The molecule has 1 amide bonds. The highest BCUT2D eigenvalue weighted by atomic mass is 16.5. The molecule has 0 heterocycles. The van der Waals surface area contributed by atoms with Crippen LogP contribution in [0, 0.1) is 0 Å². The first-order valence-corrected chi connectivity index (χ1v) is 7.14. The molecule has 118 valence electrons. The first kappa shape index (κ1) is 17.3. The zero-order valence-electron chi connectivity index (χ0n) is 13.6. The third-order valence-electron chi connectivity index (χ3n) is 3.42. The summed E-state index contributed by atoms with van der Waals surface area (Å²) in [7, 11) is 3.21. The smallest absolute Gasteiger partial charge is 0.234 e. The van der Waals surface area contributed by atoms with Crippen molar-refractivity contribution in [2.45, 2.75) is 39.3 Å². The molecule has 5 heteroatoms. The summed E-state index contributed by atoms with van der Waals surface area (Å²) in [6.07, 6.45) is 0.897. The van der Waals surface area contributed by atoms with E-state index < -0.39 is 0 Å². The Bertz CT molecular complexity index is 473. The third kappa shape index (κ3) is 5.63. The topological polar surface area (TPSA) is 59.6 Å². The molecule has 1 rings (SSSR count). The normalized spacial score (nSPS) is 11.1. The molecule has 5 nitrogen and oxygen atoms in total. The molecule has 0 aliphatic heterocycles. The number of methoxy groups -OCH3 is 2. The number of carbonyl (C=O) groups excluding carboxylic acids is 1. The summed E-state index contributed by atoms with van der Waals surface area (Å²) < 4.78 is 10.4. The number of nitrogens with one attached hydrogen (secondary N) is 2. The van der Waals surface area contributed by atoms with Crippen LogP contribution in [-0.4, -0.2) is 32.2 Å². The summed E-state index contributed by atoms with van der Waals surface area (Å²) in [6, 6.07) is 5.71. The van der Waals surface area contributed by atoms with E-state index in [0.29, 0.717) is 18.0 Å². The molecule has 0 aliphatic carbocycles. The molecule has 0 unspecified atom stereocenters. The minimum Gasteiger partial charge on any atom is -0.493 e. The summed E-state index contributed by atoms with van der Waals surface area (Å²) >= 11 is 0. The number of amides is 1. The van der Waals surface area contributed by atoms with E-state index >= 15 is 0 Å². The molecule has 0 aromatic heterocycles. The SMILES string of the molecule is CCC(C)(C)NC(=O)CNCc1ccc(OC)c(OC)c1. The first-order chi connectivity index (χ1) is 9.91. The Morgan fingerprint density at radius 1 is 1.19 bits per heavy atom. The van der Waals surface area contributed by atoms with Gasteiger partial charge in [0.25, 0.3) is 0 Å². The van der Waals surface area contributed by atoms with Gasteiger partial charge in [-0.05, 0) is 38.0 Å². The molecular formula is C16H26N2O3. The van der Waals surface area contributed by atoms with Crippen LogP contribution in [0.1, 0.15) is 32.8 Å². The van der Waals surface area contributed by atoms with Crippen LogP contribution in [0.5, 0.6) is 11.5 Å². The quantitative estimate of drug-likeness (QED) is 0.771. The van der Waals surface area contributed by atoms with Crippen molar-refractivity contribution in [2.24, 2.45) is 0 Å². The molecular weight excluding hydrogens is 268 g/mol. The predicted molar refractivity (Wildman–Crippen MR) is 83.8 cm³/mol. The summed E-state index contributed by atoms with van der Waals surface area (Å²) in [4.78, 5) is 11.8. The number of hydrogen-bond acceptors (Lipinski definition) is 4. The fraction of sp³-hybridized carbons (Fsp3) is 0.562. The van der Waals surface area contributed by atoms with Crippen LogP contribution in [0.25, 0.3) is 0 Å². The van der Waals surface area contributed by atoms with Gasteiger partial charge in [0.1, 0.15) is 0 Å². The number of rotatable bonds is 8. The van der Waals surface area contributed by atoms with E-state index in [0.717, 1.165) is 12.0 Å². The number of ether oxygens (including phenoxy) is 2. The van der Waals surface area contributed by atoms with Gasteiger partial charge in [-0.15, -0.1) is 0 Å². The van der Waals surface area contributed by atoms with Gasteiger partial charge in [-0.1, -0.05) is 13.0 Å². The Hall–Kier alpha value is -1.75. The molecule has 1 aromatic rings. The number of benzene rings is 1. The van der Waals surface area contributed by atoms with Gasteiger partial charge in [0.05, 0.1) is 20.8 Å². The molecule has 2 N–H and O–H groups in total. The molecule has 0 radical (unpaired) electrons. The second-order valence-electron chi connectivity index (χ2n) is 5.58. The Morgan fingerprint density at radius 2 is 1.86 bits per heavy atom. The summed E-state index contributed by atoms with van der Waals surface area (Å²) in [5.41, 5.74) is 0.873. The molecule has 0 bridgehead atoms. The van der Waals surface area contributed by atoms with Crippen molar-refractivity contribution < 1.29 is 14.3 Å². The molecule has 1 aromatic carbocycles. The third-order valence-corrected chi connectivity index (χ3v) is 3.42. The van der Waals surface area contributed by atoms with Crippen LogP contribution in [0.15, 0.2) is 18.2 Å². The van der Waals surface area contributed by atoms with Crippen molar-refractivity contribution in [1.82, 2.24) is 10.6 Å². The van der Waals surface area contributed by atoms with E-state index in [-0.39, 0.29) is 18.0 Å². The van der Waals surface area contributed by atoms with E-state index in [1.54, 1.807) is 14.2 Å². The Balaban J connectivity index is 2.47. The van der Waals surface area contributed by atoms with Crippen molar-refractivity contribution in [3.8, 4) is 11.5 Å². The van der Waals surface area contributed by atoms with E-state index in [1.807, 2.05) is 32.0 Å². The van der Waals surface area contributed by atoms with Crippen LogP contribution in [0.4, 0.5) is 0 Å². The van der Waals surface area contributed by atoms with E-state index in [1.165, 1.54) is 0 Å². The molecule has 0 saturated heterocycles. The first-order valence-electron chi connectivity index (χ1n) is 7.14. The lowest BCUT2D eigenvalue weighted by Crippen LogP contribution is -2.46. The van der Waals surface area contributed by atoms with Crippen molar-refractivity contribution in [2.75, 3.05) is 20.8 Å². The molecule has 21 heavy (non-hydrogen) atoms. The molecule has 0 fully saturated rings. The Morgan fingerprint density at radius 3 is 2.43 bits per heavy atom. The van der Waals surface area contributed by atoms with Crippen LogP contribution < -0.4 is 20.1 Å². The summed E-state index contributed by atoms with van der Waals surface area (Å²) in [5.74, 6) is 1.39. The van der Waals surface area contributed by atoms with Gasteiger partial charge in [0, 0.05) is 12.1 Å². The van der Waals surface area contributed by atoms with E-state index in [2.05, 4.69) is 17.6 Å². The second kappa shape index (κ2) is 7.88. The fourth-order valence-electron chi connectivity index (χ4n) is 1.82. The lowest BCUT2D eigenvalue weighted by Gasteiger charge is -2.24. The standard InChI is InChI=1S/C16H26N2O3/c1-6-16(2,3)18-15(19)11-17-10-12-7-8-13(20-4)14(9-12)21-5/h7-9,17H,6,10-11H2,1-5H3,(H,18,19). The average molecular weight is 294 g/mol. The largest absolute Gasteiger partial charge is 0.493 e. The maximum absolute atomic E-state index is 11.8. The van der Waals surface area contributed by atoms with Gasteiger partial charge in [-0.3, -0.25) is 4.79 Å². The van der Waals surface area contributed by atoms with Gasteiger partial charge in [-0.2, -0.15) is 0 Å². The minimum atomic E-state index is -0.165. The van der Waals surface area contributed by atoms with Gasteiger partial charge in [-0.25, -0.2) is 0 Å². The predicted octanol–water partition coefficient (Wildman–Crippen LogP) is 2.10.